The molecule has 1 heteroatoms. The topological polar surface area (TPSA) is 12.9 Å². The largest absolute Gasteiger partial charge is 0.247 e. The molecule has 0 unspecified atom stereocenters. The average Bonchev–Trinajstić information content (AvgIpc) is 3.64. The number of nitrogens with zero attached hydrogens (tertiary/aromatic N) is 1. The molecule has 8 aromatic carbocycles. The number of para-hydroxylation sites is 1. The van der Waals surface area contributed by atoms with Gasteiger partial charge in [-0.2, -0.15) is 0 Å². The molecule has 0 fully saturated rings. The third-order valence-corrected chi connectivity index (χ3v) is 11.1. The minimum Gasteiger partial charge on any atom is -0.247 e. The van der Waals surface area contributed by atoms with Gasteiger partial charge in [-0.25, -0.2) is 4.98 Å². The summed E-state index contributed by atoms with van der Waals surface area (Å²) in [6.07, 6.45) is 0. The molecule has 0 radical (unpaired) electrons. The van der Waals surface area contributed by atoms with E-state index in [4.69, 9.17) is 4.98 Å². The lowest BCUT2D eigenvalue weighted by molar-refractivity contribution is 0.795. The molecule has 9 aromatic rings. The molecule has 0 saturated heterocycles. The van der Waals surface area contributed by atoms with Crippen LogP contribution in [-0.2, 0) is 5.41 Å². The zero-order chi connectivity index (χ0) is 32.1. The Bertz CT molecular complexity index is 2780. The molecule has 226 valence electrons. The Hall–Kier alpha value is -6.31. The van der Waals surface area contributed by atoms with Crippen molar-refractivity contribution in [2.75, 3.05) is 0 Å². The van der Waals surface area contributed by atoms with Gasteiger partial charge in [0.05, 0.1) is 16.6 Å². The Morgan fingerprint density at radius 1 is 0.327 bits per heavy atom. The van der Waals surface area contributed by atoms with Crippen molar-refractivity contribution in [3.05, 3.63) is 198 Å². The molecule has 0 saturated carbocycles. The number of fused-ring (bicyclic) bond motifs is 14. The maximum Gasteiger partial charge on any atom is 0.0788 e. The molecule has 11 rings (SSSR count). The summed E-state index contributed by atoms with van der Waals surface area (Å²) in [6.45, 7) is 0. The quantitative estimate of drug-likeness (QED) is 0.175. The summed E-state index contributed by atoms with van der Waals surface area (Å²) in [7, 11) is 0. The monoisotopic (exact) mass is 619 g/mol. The second-order valence-corrected chi connectivity index (χ2v) is 13.4. The van der Waals surface area contributed by atoms with Crippen LogP contribution in [0.1, 0.15) is 22.3 Å². The van der Waals surface area contributed by atoms with E-state index in [1.54, 1.807) is 0 Å². The van der Waals surface area contributed by atoms with Gasteiger partial charge in [-0.15, -0.1) is 0 Å². The Balaban J connectivity index is 1.18. The molecule has 49 heavy (non-hydrogen) atoms. The fraction of sp³-hybridized carbons (Fsp3) is 0.0208. The van der Waals surface area contributed by atoms with Crippen molar-refractivity contribution in [2.45, 2.75) is 5.41 Å². The van der Waals surface area contributed by atoms with Crippen LogP contribution in [0.3, 0.4) is 0 Å². The molecule has 0 bridgehead atoms. The number of aromatic nitrogens is 1. The second-order valence-electron chi connectivity index (χ2n) is 13.4. The highest BCUT2D eigenvalue weighted by molar-refractivity contribution is 6.14. The highest BCUT2D eigenvalue weighted by Gasteiger charge is 2.51. The van der Waals surface area contributed by atoms with Crippen LogP contribution in [0.15, 0.2) is 176 Å². The first kappa shape index (κ1) is 26.7. The molecule has 0 amide bonds. The summed E-state index contributed by atoms with van der Waals surface area (Å²) < 4.78 is 0. The van der Waals surface area contributed by atoms with Gasteiger partial charge in [-0.3, -0.25) is 0 Å². The summed E-state index contributed by atoms with van der Waals surface area (Å²) in [5.74, 6) is 0. The predicted octanol–water partition coefficient (Wildman–Crippen LogP) is 12.2. The first-order chi connectivity index (χ1) is 24.3. The first-order valence-electron chi connectivity index (χ1n) is 17.0. The molecule has 2 aliphatic carbocycles. The van der Waals surface area contributed by atoms with E-state index in [-0.39, 0.29) is 5.41 Å². The highest BCUT2D eigenvalue weighted by atomic mass is 14.7. The third-order valence-electron chi connectivity index (χ3n) is 11.1. The van der Waals surface area contributed by atoms with Crippen LogP contribution in [0.4, 0.5) is 0 Å². The van der Waals surface area contributed by atoms with Gasteiger partial charge in [0.2, 0.25) is 0 Å². The smallest absolute Gasteiger partial charge is 0.0788 e. The van der Waals surface area contributed by atoms with E-state index in [0.29, 0.717) is 0 Å². The van der Waals surface area contributed by atoms with Gasteiger partial charge in [0, 0.05) is 16.3 Å². The number of benzene rings is 8. The number of hydrogen-bond acceptors (Lipinski definition) is 1. The van der Waals surface area contributed by atoms with E-state index in [1.165, 1.54) is 82.6 Å². The molecular formula is C48H29N. The summed E-state index contributed by atoms with van der Waals surface area (Å²) in [5.41, 5.74) is 15.9. The van der Waals surface area contributed by atoms with Gasteiger partial charge in [0.15, 0.2) is 0 Å². The van der Waals surface area contributed by atoms with Crippen molar-refractivity contribution in [2.24, 2.45) is 0 Å². The van der Waals surface area contributed by atoms with Crippen molar-refractivity contribution in [1.82, 2.24) is 4.98 Å². The van der Waals surface area contributed by atoms with Crippen molar-refractivity contribution >= 4 is 32.4 Å². The van der Waals surface area contributed by atoms with Gasteiger partial charge in [-0.05, 0) is 96.1 Å². The van der Waals surface area contributed by atoms with E-state index in [1.807, 2.05) is 0 Å². The zero-order valence-electron chi connectivity index (χ0n) is 26.7. The van der Waals surface area contributed by atoms with Crippen molar-refractivity contribution in [1.29, 1.82) is 0 Å². The lowest BCUT2D eigenvalue weighted by Crippen LogP contribution is -2.25. The van der Waals surface area contributed by atoms with Crippen LogP contribution >= 0.6 is 0 Å². The second kappa shape index (κ2) is 9.86. The van der Waals surface area contributed by atoms with Gasteiger partial charge in [0.1, 0.15) is 0 Å². The first-order valence-corrected chi connectivity index (χ1v) is 17.0. The summed E-state index contributed by atoms with van der Waals surface area (Å²) >= 11 is 0. The van der Waals surface area contributed by atoms with Gasteiger partial charge in [0.25, 0.3) is 0 Å². The summed E-state index contributed by atoms with van der Waals surface area (Å²) in [4.78, 5) is 5.36. The maximum absolute atomic E-state index is 5.36. The van der Waals surface area contributed by atoms with Gasteiger partial charge in [-0.1, -0.05) is 152 Å². The minimum atomic E-state index is -0.376. The highest BCUT2D eigenvalue weighted by Crippen LogP contribution is 2.63. The lowest BCUT2D eigenvalue weighted by Gasteiger charge is -2.30. The minimum absolute atomic E-state index is 0.376. The van der Waals surface area contributed by atoms with Gasteiger partial charge >= 0.3 is 0 Å². The number of pyridine rings is 1. The third kappa shape index (κ3) is 3.57. The van der Waals surface area contributed by atoms with Crippen molar-refractivity contribution in [3.8, 4) is 44.6 Å². The molecular weight excluding hydrogens is 591 g/mol. The fourth-order valence-electron chi connectivity index (χ4n) is 8.95. The van der Waals surface area contributed by atoms with Crippen LogP contribution in [0.2, 0.25) is 0 Å². The fourth-order valence-corrected chi connectivity index (χ4v) is 8.95. The molecule has 0 N–H and O–H groups in total. The molecule has 1 heterocycles. The summed E-state index contributed by atoms with van der Waals surface area (Å²) in [5, 5.41) is 6.12. The maximum atomic E-state index is 5.36. The van der Waals surface area contributed by atoms with E-state index in [9.17, 15) is 0 Å². The van der Waals surface area contributed by atoms with E-state index in [2.05, 4.69) is 176 Å². The molecule has 2 aliphatic rings. The number of rotatable bonds is 2. The van der Waals surface area contributed by atoms with E-state index >= 15 is 0 Å². The average molecular weight is 620 g/mol. The predicted molar refractivity (Wildman–Crippen MR) is 204 cm³/mol. The molecule has 0 aliphatic heterocycles. The standard InChI is InChI=1S/C48H29N/c1-2-12-33-27-34(26-23-30(33)11-1)31-21-24-32(25-22-31)47-41-28-40-37-15-5-9-19-44(37)48(45(40)29-39(41)38-16-6-10-20-46(38)49-47)42-17-7-3-13-35(42)36-14-4-8-18-43(36)48/h1-29H. The van der Waals surface area contributed by atoms with E-state index in [0.717, 1.165) is 16.8 Å². The summed E-state index contributed by atoms with van der Waals surface area (Å²) in [6, 6.07) is 64.9. The molecule has 1 aromatic heterocycles. The van der Waals surface area contributed by atoms with Crippen molar-refractivity contribution in [3.63, 3.8) is 0 Å². The van der Waals surface area contributed by atoms with E-state index < -0.39 is 0 Å². The zero-order valence-corrected chi connectivity index (χ0v) is 26.7. The number of hydrogen-bond donors (Lipinski definition) is 0. The van der Waals surface area contributed by atoms with Crippen LogP contribution in [0.5, 0.6) is 0 Å². The Morgan fingerprint density at radius 2 is 0.878 bits per heavy atom. The van der Waals surface area contributed by atoms with Crippen LogP contribution in [0, 0.1) is 0 Å². The van der Waals surface area contributed by atoms with Crippen LogP contribution in [0.25, 0.3) is 77.1 Å². The SMILES string of the molecule is c1ccc2c(c1)-c1ccccc1C21c2ccccc2-c2cc3c(-c4ccc(-c5ccc6ccccc6c5)cc4)nc4ccccc4c3cc21. The molecule has 1 spiro atoms. The van der Waals surface area contributed by atoms with Crippen molar-refractivity contribution < 1.29 is 0 Å². The Morgan fingerprint density at radius 3 is 1.59 bits per heavy atom. The Kier molecular flexibility index (Phi) is 5.38. The van der Waals surface area contributed by atoms with Crippen LogP contribution in [-0.4, -0.2) is 4.98 Å². The Labute approximate surface area is 284 Å². The van der Waals surface area contributed by atoms with Crippen LogP contribution < -0.4 is 0 Å². The van der Waals surface area contributed by atoms with Gasteiger partial charge < -0.3 is 0 Å². The molecule has 0 atom stereocenters. The normalized spacial score (nSPS) is 13.5. The molecule has 1 nitrogen and oxygen atoms in total. The lowest BCUT2D eigenvalue weighted by atomic mass is 9.70.